The molecule has 2 unspecified atom stereocenters. The first-order valence-electron chi connectivity index (χ1n) is 4.18. The lowest BCUT2D eigenvalue weighted by atomic mass is 10.1. The summed E-state index contributed by atoms with van der Waals surface area (Å²) < 4.78 is 18.0. The lowest BCUT2D eigenvalue weighted by molar-refractivity contribution is 0.0120. The Kier molecular flexibility index (Phi) is 3.27. The van der Waals surface area contributed by atoms with Gasteiger partial charge in [-0.1, -0.05) is 13.8 Å². The third-order valence-corrected chi connectivity index (χ3v) is 1.83. The molecule has 11 heavy (non-hydrogen) atoms. The Labute approximate surface area is 67.1 Å². The lowest BCUT2D eigenvalue weighted by Gasteiger charge is -2.28. The summed E-state index contributed by atoms with van der Waals surface area (Å²) in [4.78, 5) is 0. The Morgan fingerprint density at radius 3 is 2.82 bits per heavy atom. The quantitative estimate of drug-likeness (QED) is 0.655. The molecular formula is C8H16FNO. The maximum Gasteiger partial charge on any atom is 0.139 e. The van der Waals surface area contributed by atoms with Crippen LogP contribution in [0.2, 0.25) is 0 Å². The van der Waals surface area contributed by atoms with Crippen molar-refractivity contribution in [3.05, 3.63) is 0 Å². The maximum absolute atomic E-state index is 13.0. The molecule has 0 spiro atoms. The van der Waals surface area contributed by atoms with E-state index in [1.165, 1.54) is 0 Å². The van der Waals surface area contributed by atoms with Crippen LogP contribution in [0.25, 0.3) is 0 Å². The summed E-state index contributed by atoms with van der Waals surface area (Å²) in [7, 11) is 0. The van der Waals surface area contributed by atoms with E-state index in [9.17, 15) is 4.39 Å². The van der Waals surface area contributed by atoms with E-state index in [4.69, 9.17) is 4.74 Å². The highest BCUT2D eigenvalue weighted by atomic mass is 19.1. The van der Waals surface area contributed by atoms with Crippen LogP contribution in [-0.2, 0) is 4.74 Å². The molecule has 1 N–H and O–H groups in total. The van der Waals surface area contributed by atoms with Crippen LogP contribution in [0.5, 0.6) is 0 Å². The van der Waals surface area contributed by atoms with Gasteiger partial charge in [0, 0.05) is 18.7 Å². The zero-order valence-electron chi connectivity index (χ0n) is 7.14. The molecular weight excluding hydrogens is 145 g/mol. The summed E-state index contributed by atoms with van der Waals surface area (Å²) in [6.07, 6.45) is -0.0366. The highest BCUT2D eigenvalue weighted by Crippen LogP contribution is 2.11. The molecule has 3 heteroatoms. The van der Waals surface area contributed by atoms with Gasteiger partial charge in [-0.15, -0.1) is 0 Å². The van der Waals surface area contributed by atoms with Gasteiger partial charge in [-0.05, 0) is 6.42 Å². The van der Waals surface area contributed by atoms with E-state index >= 15 is 0 Å². The van der Waals surface area contributed by atoms with Gasteiger partial charge >= 0.3 is 0 Å². The van der Waals surface area contributed by atoms with E-state index in [1.807, 2.05) is 13.8 Å². The van der Waals surface area contributed by atoms with Crippen molar-refractivity contribution in [2.75, 3.05) is 13.2 Å². The normalized spacial score (nSPS) is 32.7. The minimum absolute atomic E-state index is 0.00347. The smallest absolute Gasteiger partial charge is 0.139 e. The van der Waals surface area contributed by atoms with E-state index < -0.39 is 6.17 Å². The minimum atomic E-state index is -0.828. The first-order chi connectivity index (χ1) is 5.20. The molecule has 0 amide bonds. The van der Waals surface area contributed by atoms with Crippen molar-refractivity contribution in [2.24, 2.45) is 0 Å². The van der Waals surface area contributed by atoms with Crippen molar-refractivity contribution in [2.45, 2.75) is 38.5 Å². The minimum Gasteiger partial charge on any atom is -0.378 e. The number of alkyl halides is 1. The topological polar surface area (TPSA) is 21.3 Å². The van der Waals surface area contributed by atoms with Gasteiger partial charge in [0.2, 0.25) is 0 Å². The van der Waals surface area contributed by atoms with Crippen molar-refractivity contribution in [3.8, 4) is 0 Å². The van der Waals surface area contributed by atoms with Crippen LogP contribution in [0.4, 0.5) is 4.39 Å². The van der Waals surface area contributed by atoms with E-state index in [2.05, 4.69) is 5.32 Å². The Balaban J connectivity index is 2.29. The molecule has 1 aliphatic rings. The van der Waals surface area contributed by atoms with Crippen LogP contribution in [0.15, 0.2) is 0 Å². The molecule has 1 heterocycles. The molecule has 0 radical (unpaired) electrons. The average Bonchev–Trinajstić information content (AvgIpc) is 1.93. The SMILES string of the molecule is CC(C)NC1CCOCC1F. The van der Waals surface area contributed by atoms with Crippen molar-refractivity contribution in [1.82, 2.24) is 5.32 Å². The first kappa shape index (κ1) is 8.94. The molecule has 2 nitrogen and oxygen atoms in total. The monoisotopic (exact) mass is 161 g/mol. The van der Waals surface area contributed by atoms with Crippen LogP contribution in [0, 0.1) is 0 Å². The predicted octanol–water partition coefficient (Wildman–Crippen LogP) is 1.11. The Bertz CT molecular complexity index is 119. The van der Waals surface area contributed by atoms with Gasteiger partial charge in [0.05, 0.1) is 6.61 Å². The predicted molar refractivity (Wildman–Crippen MR) is 42.4 cm³/mol. The number of ether oxygens (including phenoxy) is 1. The largest absolute Gasteiger partial charge is 0.378 e. The van der Waals surface area contributed by atoms with Gasteiger partial charge in [0.25, 0.3) is 0 Å². The highest BCUT2D eigenvalue weighted by Gasteiger charge is 2.25. The second kappa shape index (κ2) is 4.02. The fraction of sp³-hybridized carbons (Fsp3) is 1.00. The Hall–Kier alpha value is -0.150. The molecule has 0 aromatic heterocycles. The number of hydrogen-bond acceptors (Lipinski definition) is 2. The summed E-state index contributed by atoms with van der Waals surface area (Å²) in [5.41, 5.74) is 0. The maximum atomic E-state index is 13.0. The Morgan fingerprint density at radius 1 is 1.55 bits per heavy atom. The summed E-state index contributed by atoms with van der Waals surface area (Å²) >= 11 is 0. The van der Waals surface area contributed by atoms with E-state index in [0.717, 1.165) is 6.42 Å². The average molecular weight is 161 g/mol. The third kappa shape index (κ3) is 2.75. The fourth-order valence-electron chi connectivity index (χ4n) is 1.32. The van der Waals surface area contributed by atoms with Crippen LogP contribution in [-0.4, -0.2) is 31.5 Å². The zero-order chi connectivity index (χ0) is 8.27. The summed E-state index contributed by atoms with van der Waals surface area (Å²) in [5.74, 6) is 0. The fourth-order valence-corrected chi connectivity index (χ4v) is 1.32. The Morgan fingerprint density at radius 2 is 2.27 bits per heavy atom. The van der Waals surface area contributed by atoms with Gasteiger partial charge < -0.3 is 10.1 Å². The van der Waals surface area contributed by atoms with Crippen LogP contribution < -0.4 is 5.32 Å². The van der Waals surface area contributed by atoms with Crippen LogP contribution in [0.3, 0.4) is 0 Å². The summed E-state index contributed by atoms with van der Waals surface area (Å²) in [6.45, 7) is 5.00. The molecule has 0 aromatic carbocycles. The molecule has 66 valence electrons. The number of hydrogen-bond donors (Lipinski definition) is 1. The van der Waals surface area contributed by atoms with Gasteiger partial charge in [0.1, 0.15) is 6.17 Å². The van der Waals surface area contributed by atoms with Gasteiger partial charge in [-0.2, -0.15) is 0 Å². The molecule has 0 aliphatic carbocycles. The van der Waals surface area contributed by atoms with Gasteiger partial charge in [-0.3, -0.25) is 0 Å². The molecule has 1 saturated heterocycles. The molecule has 2 atom stereocenters. The standard InChI is InChI=1S/C8H16FNO/c1-6(2)10-8-3-4-11-5-7(8)9/h6-8,10H,3-5H2,1-2H3. The van der Waals surface area contributed by atoms with E-state index in [1.54, 1.807) is 0 Å². The van der Waals surface area contributed by atoms with Crippen LogP contribution >= 0.6 is 0 Å². The zero-order valence-corrected chi connectivity index (χ0v) is 7.14. The molecule has 0 bridgehead atoms. The van der Waals surface area contributed by atoms with Crippen molar-refractivity contribution in [1.29, 1.82) is 0 Å². The highest BCUT2D eigenvalue weighted by molar-refractivity contribution is 4.80. The molecule has 1 rings (SSSR count). The van der Waals surface area contributed by atoms with Gasteiger partial charge in [0.15, 0.2) is 0 Å². The van der Waals surface area contributed by atoms with Crippen molar-refractivity contribution >= 4 is 0 Å². The molecule has 1 fully saturated rings. The molecule has 0 aromatic rings. The number of halogens is 1. The molecule has 0 saturated carbocycles. The van der Waals surface area contributed by atoms with E-state index in [0.29, 0.717) is 12.6 Å². The van der Waals surface area contributed by atoms with Crippen LogP contribution in [0.1, 0.15) is 20.3 Å². The lowest BCUT2D eigenvalue weighted by Crippen LogP contribution is -2.46. The second-order valence-electron chi connectivity index (χ2n) is 3.31. The number of rotatable bonds is 2. The summed E-state index contributed by atoms with van der Waals surface area (Å²) in [6, 6.07) is 0.361. The second-order valence-corrected chi connectivity index (χ2v) is 3.31. The number of nitrogens with one attached hydrogen (secondary N) is 1. The van der Waals surface area contributed by atoms with E-state index in [-0.39, 0.29) is 12.6 Å². The third-order valence-electron chi connectivity index (χ3n) is 1.83. The van der Waals surface area contributed by atoms with Crippen molar-refractivity contribution in [3.63, 3.8) is 0 Å². The first-order valence-corrected chi connectivity index (χ1v) is 4.18. The molecule has 1 aliphatic heterocycles. The van der Waals surface area contributed by atoms with Crippen molar-refractivity contribution < 1.29 is 9.13 Å². The van der Waals surface area contributed by atoms with Gasteiger partial charge in [-0.25, -0.2) is 4.39 Å². The summed E-state index contributed by atoms with van der Waals surface area (Å²) in [5, 5.41) is 3.18.